The van der Waals surface area contributed by atoms with Gasteiger partial charge in [0.05, 0.1) is 21.9 Å². The lowest BCUT2D eigenvalue weighted by Gasteiger charge is -2.30. The lowest BCUT2D eigenvalue weighted by Crippen LogP contribution is -2.36. The van der Waals surface area contributed by atoms with E-state index in [0.29, 0.717) is 30.7 Å². The van der Waals surface area contributed by atoms with Gasteiger partial charge in [-0.15, -0.1) is 0 Å². The summed E-state index contributed by atoms with van der Waals surface area (Å²) in [5.74, 6) is -1.97. The summed E-state index contributed by atoms with van der Waals surface area (Å²) >= 11 is 12.7. The van der Waals surface area contributed by atoms with Gasteiger partial charge < -0.3 is 19.7 Å². The molecule has 30 heavy (non-hydrogen) atoms. The number of furan rings is 1. The number of hydrogen-bond acceptors (Lipinski definition) is 4. The number of benzene rings is 2. The second kappa shape index (κ2) is 8.01. The number of aliphatic carboxylic acids is 1. The minimum atomic E-state index is -1.17. The number of carbonyl (C=O) groups excluding carboxylic acids is 2. The van der Waals surface area contributed by atoms with E-state index in [1.165, 1.54) is 0 Å². The summed E-state index contributed by atoms with van der Waals surface area (Å²) in [5.41, 5.74) is 2.68. The fourth-order valence-corrected chi connectivity index (χ4v) is 4.31. The van der Waals surface area contributed by atoms with Gasteiger partial charge >= 0.3 is 5.97 Å². The maximum absolute atomic E-state index is 13.0. The first kappa shape index (κ1) is 20.3. The quantitative estimate of drug-likeness (QED) is 0.635. The van der Waals surface area contributed by atoms with E-state index in [9.17, 15) is 14.4 Å². The molecule has 2 heterocycles. The number of carboxylic acid groups (broad SMARTS) is 1. The lowest BCUT2D eigenvalue weighted by molar-refractivity contribution is -0.135. The van der Waals surface area contributed by atoms with Gasteiger partial charge in [-0.25, -0.2) is 0 Å². The van der Waals surface area contributed by atoms with E-state index < -0.39 is 18.4 Å². The van der Waals surface area contributed by atoms with Crippen LogP contribution in [0.3, 0.4) is 0 Å². The van der Waals surface area contributed by atoms with Crippen LogP contribution in [0.25, 0.3) is 11.0 Å². The van der Waals surface area contributed by atoms with Crippen LogP contribution in [-0.2, 0) is 17.8 Å². The number of rotatable bonds is 4. The Morgan fingerprint density at radius 3 is 2.73 bits per heavy atom. The number of nitrogens with one attached hydrogen (secondary N) is 1. The van der Waals surface area contributed by atoms with Crippen molar-refractivity contribution in [2.45, 2.75) is 13.0 Å². The lowest BCUT2D eigenvalue weighted by atomic mass is 9.96. The van der Waals surface area contributed by atoms with Crippen LogP contribution in [0, 0.1) is 0 Å². The number of carboxylic acids is 1. The van der Waals surface area contributed by atoms with Crippen LogP contribution in [-0.4, -0.2) is 40.9 Å². The van der Waals surface area contributed by atoms with Crippen LogP contribution in [0.4, 0.5) is 0 Å². The minimum absolute atomic E-state index is 0.0429. The number of fused-ring (bicyclic) bond motifs is 2. The topological polar surface area (TPSA) is 99.9 Å². The highest BCUT2D eigenvalue weighted by Gasteiger charge is 2.28. The number of carbonyl (C=O) groups is 3. The van der Waals surface area contributed by atoms with Crippen LogP contribution in [0.5, 0.6) is 0 Å². The van der Waals surface area contributed by atoms with Gasteiger partial charge in [-0.05, 0) is 41.8 Å². The fourth-order valence-electron chi connectivity index (χ4n) is 3.55. The second-order valence-corrected chi connectivity index (χ2v) is 7.70. The Kier molecular flexibility index (Phi) is 5.40. The molecule has 0 atom stereocenters. The first-order valence-corrected chi connectivity index (χ1v) is 9.87. The zero-order chi connectivity index (χ0) is 21.4. The molecular formula is C21H16Cl2N2O5. The number of hydrogen-bond donors (Lipinski definition) is 2. The van der Waals surface area contributed by atoms with E-state index in [4.69, 9.17) is 32.7 Å². The van der Waals surface area contributed by atoms with Gasteiger partial charge in [0.1, 0.15) is 12.1 Å². The predicted octanol–water partition coefficient (Wildman–Crippen LogP) is 3.75. The molecule has 1 aliphatic heterocycles. The Morgan fingerprint density at radius 2 is 1.97 bits per heavy atom. The van der Waals surface area contributed by atoms with Gasteiger partial charge in [0, 0.05) is 24.0 Å². The molecule has 2 aromatic carbocycles. The highest BCUT2D eigenvalue weighted by Crippen LogP contribution is 2.35. The summed E-state index contributed by atoms with van der Waals surface area (Å²) in [5, 5.41) is 12.2. The van der Waals surface area contributed by atoms with Gasteiger partial charge in [0.15, 0.2) is 0 Å². The largest absolute Gasteiger partial charge is 0.480 e. The standard InChI is InChI=1S/C21H16Cl2N2O5/c22-15-7-13-10-25(21(29)12-2-1-11-4-6-30-16(11)8-12)5-3-14(13)19(23)18(15)20(28)24-9-17(26)27/h1-2,4,6-8H,3,5,9-10H2,(H,24,28)(H,26,27). The summed E-state index contributed by atoms with van der Waals surface area (Å²) in [4.78, 5) is 37.6. The van der Waals surface area contributed by atoms with Crippen molar-refractivity contribution >= 4 is 52.0 Å². The molecule has 0 fully saturated rings. The maximum atomic E-state index is 13.0. The Morgan fingerprint density at radius 1 is 1.17 bits per heavy atom. The number of nitrogens with zero attached hydrogens (tertiary/aromatic N) is 1. The van der Waals surface area contributed by atoms with Crippen molar-refractivity contribution in [1.29, 1.82) is 0 Å². The molecule has 0 saturated heterocycles. The van der Waals surface area contributed by atoms with E-state index in [1.54, 1.807) is 29.4 Å². The first-order chi connectivity index (χ1) is 14.3. The maximum Gasteiger partial charge on any atom is 0.322 e. The van der Waals surface area contributed by atoms with Gasteiger partial charge in [-0.2, -0.15) is 0 Å². The molecule has 1 aliphatic rings. The van der Waals surface area contributed by atoms with Crippen molar-refractivity contribution in [2.24, 2.45) is 0 Å². The summed E-state index contributed by atoms with van der Waals surface area (Å²) in [6, 6.07) is 8.73. The third-order valence-corrected chi connectivity index (χ3v) is 5.74. The third kappa shape index (κ3) is 3.74. The molecule has 1 aromatic heterocycles. The monoisotopic (exact) mass is 446 g/mol. The Bertz CT molecular complexity index is 1190. The van der Waals surface area contributed by atoms with Crippen LogP contribution in [0.1, 0.15) is 31.8 Å². The summed E-state index contributed by atoms with van der Waals surface area (Å²) < 4.78 is 5.37. The van der Waals surface area contributed by atoms with Gasteiger partial charge in [0.2, 0.25) is 0 Å². The average molecular weight is 447 g/mol. The minimum Gasteiger partial charge on any atom is -0.480 e. The van der Waals surface area contributed by atoms with Crippen molar-refractivity contribution in [3.63, 3.8) is 0 Å². The molecule has 0 radical (unpaired) electrons. The van der Waals surface area contributed by atoms with Gasteiger partial charge in [-0.3, -0.25) is 14.4 Å². The zero-order valence-corrected chi connectivity index (χ0v) is 17.1. The summed E-state index contributed by atoms with van der Waals surface area (Å²) in [7, 11) is 0. The Hall–Kier alpha value is -3.03. The molecule has 4 rings (SSSR count). The normalized spacial score (nSPS) is 13.2. The van der Waals surface area contributed by atoms with E-state index in [1.807, 2.05) is 12.1 Å². The fraction of sp³-hybridized carbons (Fsp3) is 0.190. The third-order valence-electron chi connectivity index (χ3n) is 5.02. The van der Waals surface area contributed by atoms with Crippen LogP contribution < -0.4 is 5.32 Å². The second-order valence-electron chi connectivity index (χ2n) is 6.91. The van der Waals surface area contributed by atoms with Crippen molar-refractivity contribution in [1.82, 2.24) is 10.2 Å². The first-order valence-electron chi connectivity index (χ1n) is 9.11. The highest BCUT2D eigenvalue weighted by molar-refractivity contribution is 6.40. The van der Waals surface area contributed by atoms with Gasteiger partial charge in [-0.1, -0.05) is 29.3 Å². The summed E-state index contributed by atoms with van der Waals surface area (Å²) in [6.07, 6.45) is 2.02. The molecule has 3 aromatic rings. The molecule has 9 heteroatoms. The molecule has 154 valence electrons. The van der Waals surface area contributed by atoms with Crippen LogP contribution in [0.2, 0.25) is 10.0 Å². The molecule has 2 N–H and O–H groups in total. The number of amides is 2. The molecule has 7 nitrogen and oxygen atoms in total. The van der Waals surface area contributed by atoms with Gasteiger partial charge in [0.25, 0.3) is 11.8 Å². The summed E-state index contributed by atoms with van der Waals surface area (Å²) in [6.45, 7) is 0.172. The van der Waals surface area contributed by atoms with Crippen molar-refractivity contribution in [3.8, 4) is 0 Å². The molecule has 0 saturated carbocycles. The predicted molar refractivity (Wildman–Crippen MR) is 111 cm³/mol. The van der Waals surface area contributed by atoms with E-state index in [0.717, 1.165) is 16.5 Å². The zero-order valence-electron chi connectivity index (χ0n) is 15.6. The van der Waals surface area contributed by atoms with Crippen molar-refractivity contribution in [2.75, 3.05) is 13.1 Å². The average Bonchev–Trinajstić information content (AvgIpc) is 3.19. The van der Waals surface area contributed by atoms with E-state index in [2.05, 4.69) is 5.32 Å². The number of halogens is 2. The highest BCUT2D eigenvalue weighted by atomic mass is 35.5. The van der Waals surface area contributed by atoms with Crippen molar-refractivity contribution < 1.29 is 23.9 Å². The Labute approximate surface area is 181 Å². The smallest absolute Gasteiger partial charge is 0.322 e. The molecule has 2 amide bonds. The molecule has 0 aliphatic carbocycles. The molecule has 0 spiro atoms. The SMILES string of the molecule is O=C(O)CNC(=O)c1c(Cl)cc2c(c1Cl)CCN(C(=O)c1ccc3ccoc3c1)C2. The van der Waals surface area contributed by atoms with Crippen LogP contribution >= 0.6 is 23.2 Å². The Balaban J connectivity index is 1.58. The molecule has 0 bridgehead atoms. The van der Waals surface area contributed by atoms with E-state index >= 15 is 0 Å². The van der Waals surface area contributed by atoms with E-state index in [-0.39, 0.29) is 21.5 Å². The molecular weight excluding hydrogens is 431 g/mol. The molecule has 0 unspecified atom stereocenters. The van der Waals surface area contributed by atoms with Crippen molar-refractivity contribution in [3.05, 3.63) is 68.9 Å². The van der Waals surface area contributed by atoms with Crippen LogP contribution in [0.15, 0.2) is 41.0 Å².